The van der Waals surface area contributed by atoms with E-state index in [1.807, 2.05) is 12.1 Å². The molecule has 0 amide bonds. The van der Waals surface area contributed by atoms with Gasteiger partial charge >= 0.3 is 0 Å². The summed E-state index contributed by atoms with van der Waals surface area (Å²) >= 11 is 1.47. The second-order valence-electron chi connectivity index (χ2n) is 7.17. The molecule has 3 aromatic heterocycles. The quantitative estimate of drug-likeness (QED) is 0.357. The van der Waals surface area contributed by atoms with Gasteiger partial charge in [-0.05, 0) is 48.5 Å². The molecule has 8 nitrogen and oxygen atoms in total. The summed E-state index contributed by atoms with van der Waals surface area (Å²) in [4.78, 5) is 8.59. The smallest absolute Gasteiger partial charge is 0.220 e. The largest absolute Gasteiger partial charge is 0.493 e. The Bertz CT molecular complexity index is 1570. The van der Waals surface area contributed by atoms with Crippen LogP contribution in [0.25, 0.3) is 21.1 Å². The molecule has 1 N–H and O–H groups in total. The van der Waals surface area contributed by atoms with E-state index in [4.69, 9.17) is 0 Å². The van der Waals surface area contributed by atoms with Crippen molar-refractivity contribution in [2.45, 2.75) is 10.6 Å². The van der Waals surface area contributed by atoms with Crippen LogP contribution in [-0.4, -0.2) is 28.1 Å². The number of fused-ring (bicyclic) bond motifs is 3. The maximum absolute atomic E-state index is 12.7. The first-order valence-corrected chi connectivity index (χ1v) is 12.2. The highest BCUT2D eigenvalue weighted by atomic mass is 32.2. The second-order valence-corrected chi connectivity index (χ2v) is 10.0. The number of hydrogen-bond acceptors (Lipinski definition) is 8. The van der Waals surface area contributed by atoms with Gasteiger partial charge in [0, 0.05) is 13.2 Å². The Morgan fingerprint density at radius 1 is 1.03 bits per heavy atom. The van der Waals surface area contributed by atoms with E-state index < -0.39 is 9.84 Å². The number of benzene rings is 2. The average Bonchev–Trinajstić information content (AvgIpc) is 3.36. The van der Waals surface area contributed by atoms with E-state index in [1.165, 1.54) is 23.5 Å². The van der Waals surface area contributed by atoms with Gasteiger partial charge in [0.25, 0.3) is 0 Å². The monoisotopic (exact) mass is 463 g/mol. The zero-order valence-electron chi connectivity index (χ0n) is 16.9. The molecule has 0 saturated heterocycles. The molecule has 0 radical (unpaired) electrons. The van der Waals surface area contributed by atoms with Crippen LogP contribution < -0.4 is 0 Å². The third kappa shape index (κ3) is 3.53. The number of nitrogens with zero attached hydrogens (tertiary/aromatic N) is 5. The van der Waals surface area contributed by atoms with Gasteiger partial charge in [0.2, 0.25) is 5.88 Å². The summed E-state index contributed by atoms with van der Waals surface area (Å²) in [6, 6.07) is 15.1. The van der Waals surface area contributed by atoms with Gasteiger partial charge in [0.1, 0.15) is 0 Å². The molecule has 32 heavy (non-hydrogen) atoms. The highest BCUT2D eigenvalue weighted by Crippen LogP contribution is 2.43. The van der Waals surface area contributed by atoms with Gasteiger partial charge in [-0.3, -0.25) is 4.98 Å². The van der Waals surface area contributed by atoms with Crippen molar-refractivity contribution in [2.24, 2.45) is 17.3 Å². The molecule has 10 heteroatoms. The van der Waals surface area contributed by atoms with E-state index >= 15 is 0 Å². The van der Waals surface area contributed by atoms with E-state index in [0.29, 0.717) is 17.1 Å². The second kappa shape index (κ2) is 7.81. The van der Waals surface area contributed by atoms with Crippen molar-refractivity contribution in [3.63, 3.8) is 0 Å². The average molecular weight is 464 g/mol. The molecule has 0 aliphatic heterocycles. The molecule has 5 rings (SSSR count). The summed E-state index contributed by atoms with van der Waals surface area (Å²) in [6.45, 7) is 0. The lowest BCUT2D eigenvalue weighted by molar-refractivity contribution is 0.436. The van der Waals surface area contributed by atoms with Crippen LogP contribution in [0.1, 0.15) is 5.69 Å². The number of aromatic hydroxyl groups is 1. The van der Waals surface area contributed by atoms with Crippen LogP contribution in [0, 0.1) is 0 Å². The molecule has 3 heterocycles. The molecule has 0 bridgehead atoms. The van der Waals surface area contributed by atoms with Crippen molar-refractivity contribution < 1.29 is 13.5 Å². The maximum Gasteiger partial charge on any atom is 0.220 e. The van der Waals surface area contributed by atoms with Gasteiger partial charge in [-0.25, -0.2) is 13.4 Å². The van der Waals surface area contributed by atoms with Crippen molar-refractivity contribution in [3.8, 4) is 5.88 Å². The van der Waals surface area contributed by atoms with E-state index in [9.17, 15) is 13.5 Å². The fourth-order valence-corrected chi connectivity index (χ4v) is 5.61. The minimum Gasteiger partial charge on any atom is -0.493 e. The molecule has 160 valence electrons. The van der Waals surface area contributed by atoms with Gasteiger partial charge in [0.05, 0.1) is 48.7 Å². The molecule has 0 fully saturated rings. The van der Waals surface area contributed by atoms with Crippen LogP contribution in [0.4, 0.5) is 11.4 Å². The van der Waals surface area contributed by atoms with Crippen molar-refractivity contribution in [3.05, 3.63) is 72.0 Å². The van der Waals surface area contributed by atoms with Crippen LogP contribution in [-0.2, 0) is 22.6 Å². The number of thiazole rings is 1. The first kappa shape index (κ1) is 20.3. The van der Waals surface area contributed by atoms with Gasteiger partial charge in [-0.2, -0.15) is 5.11 Å². The van der Waals surface area contributed by atoms with E-state index in [1.54, 1.807) is 53.7 Å². The Kier molecular flexibility index (Phi) is 4.95. The molecule has 0 spiro atoms. The molecule has 2 aromatic carbocycles. The van der Waals surface area contributed by atoms with Gasteiger partial charge in [-0.15, -0.1) is 16.5 Å². The summed E-state index contributed by atoms with van der Waals surface area (Å²) in [7, 11) is -1.78. The normalized spacial score (nSPS) is 12.3. The first-order valence-electron chi connectivity index (χ1n) is 9.62. The van der Waals surface area contributed by atoms with Crippen molar-refractivity contribution in [1.29, 1.82) is 0 Å². The highest BCUT2D eigenvalue weighted by molar-refractivity contribution is 7.90. The summed E-state index contributed by atoms with van der Waals surface area (Å²) < 4.78 is 27.9. The van der Waals surface area contributed by atoms with Crippen molar-refractivity contribution in [1.82, 2.24) is 14.5 Å². The molecular formula is C22H17N5O3S2. The highest BCUT2D eigenvalue weighted by Gasteiger charge is 2.19. The molecule has 0 atom stereocenters. The minimum atomic E-state index is -3.53. The predicted molar refractivity (Wildman–Crippen MR) is 124 cm³/mol. The Morgan fingerprint density at radius 3 is 2.59 bits per heavy atom. The summed E-state index contributed by atoms with van der Waals surface area (Å²) in [5.41, 5.74) is 4.70. The molecule has 0 aliphatic rings. The SMILES string of the molecule is Cn1c(O)c(N=Nc2ccc(S(=O)(=O)Cc3ccccn3)cc2)c2c3scnc3ccc21. The van der Waals surface area contributed by atoms with E-state index in [0.717, 1.165) is 21.1 Å². The maximum atomic E-state index is 12.7. The third-order valence-electron chi connectivity index (χ3n) is 5.13. The lowest BCUT2D eigenvalue weighted by Crippen LogP contribution is -2.05. The van der Waals surface area contributed by atoms with Crippen molar-refractivity contribution >= 4 is 53.7 Å². The Labute approximate surface area is 187 Å². The molecular weight excluding hydrogens is 446 g/mol. The Hall–Kier alpha value is -3.63. The zero-order chi connectivity index (χ0) is 22.3. The number of aromatic nitrogens is 3. The molecule has 0 unspecified atom stereocenters. The van der Waals surface area contributed by atoms with Crippen LogP contribution >= 0.6 is 11.3 Å². The summed E-state index contributed by atoms with van der Waals surface area (Å²) in [6.07, 6.45) is 1.57. The minimum absolute atomic E-state index is 0.000732. The fourth-order valence-electron chi connectivity index (χ4n) is 3.50. The van der Waals surface area contributed by atoms with Crippen molar-refractivity contribution in [2.75, 3.05) is 0 Å². The zero-order valence-corrected chi connectivity index (χ0v) is 18.5. The first-order chi connectivity index (χ1) is 15.4. The number of rotatable bonds is 5. The topological polar surface area (TPSA) is 110 Å². The van der Waals surface area contributed by atoms with Gasteiger partial charge in [-0.1, -0.05) is 6.07 Å². The van der Waals surface area contributed by atoms with E-state index in [2.05, 4.69) is 20.2 Å². The molecule has 5 aromatic rings. The standard InChI is InChI=1S/C22H17N5O3S2/c1-27-18-10-9-17-21(31-13-24-17)19(18)20(22(27)28)26-25-14-5-7-16(8-6-14)32(29,30)12-15-4-2-3-11-23-15/h2-11,13,28H,12H2,1H3. The summed E-state index contributed by atoms with van der Waals surface area (Å²) in [5.74, 6) is -0.178. The van der Waals surface area contributed by atoms with Crippen LogP contribution in [0.3, 0.4) is 0 Å². The molecule has 0 aliphatic carbocycles. The lowest BCUT2D eigenvalue weighted by atomic mass is 10.2. The van der Waals surface area contributed by atoms with Gasteiger partial charge in [0.15, 0.2) is 15.5 Å². The number of sulfone groups is 1. The molecule has 0 saturated carbocycles. The number of aryl methyl sites for hydroxylation is 1. The summed E-state index contributed by atoms with van der Waals surface area (Å²) in [5, 5.41) is 19.9. The number of hydrogen-bond donors (Lipinski definition) is 1. The number of pyridine rings is 1. The third-order valence-corrected chi connectivity index (χ3v) is 7.66. The van der Waals surface area contributed by atoms with Crippen LogP contribution in [0.5, 0.6) is 5.88 Å². The Balaban J connectivity index is 1.46. The predicted octanol–water partition coefficient (Wildman–Crippen LogP) is 5.28. The fraction of sp³-hybridized carbons (Fsp3) is 0.0909. The van der Waals surface area contributed by atoms with Gasteiger partial charge < -0.3 is 9.67 Å². The number of azo groups is 1. The Morgan fingerprint density at radius 2 is 1.84 bits per heavy atom. The van der Waals surface area contributed by atoms with Crippen LogP contribution in [0.2, 0.25) is 0 Å². The lowest BCUT2D eigenvalue weighted by Gasteiger charge is -2.04. The van der Waals surface area contributed by atoms with Crippen LogP contribution in [0.15, 0.2) is 81.4 Å². The van der Waals surface area contributed by atoms with E-state index in [-0.39, 0.29) is 16.5 Å².